The van der Waals surface area contributed by atoms with Crippen molar-refractivity contribution in [3.05, 3.63) is 0 Å². The number of nitrogens with one attached hydrogen (secondary N) is 2. The lowest BCUT2D eigenvalue weighted by Crippen LogP contribution is -2.44. The minimum Gasteiger partial charge on any atom is -0.356 e. The van der Waals surface area contributed by atoms with Crippen LogP contribution < -0.4 is 10.6 Å². The van der Waals surface area contributed by atoms with Gasteiger partial charge in [0, 0.05) is 39.1 Å². The highest BCUT2D eigenvalue weighted by Crippen LogP contribution is 2.31. The molecule has 2 rings (SSSR count). The summed E-state index contributed by atoms with van der Waals surface area (Å²) in [4.78, 5) is 14.5. The Balaban J connectivity index is 0.00000242. The summed E-state index contributed by atoms with van der Waals surface area (Å²) in [6, 6.07) is 0. The van der Waals surface area contributed by atoms with Crippen molar-refractivity contribution in [3.63, 3.8) is 0 Å². The monoisotopic (exact) mass is 331 g/mol. The van der Waals surface area contributed by atoms with Gasteiger partial charge in [-0.25, -0.2) is 0 Å². The fraction of sp³-hybridized carbons (Fsp3) is 0.941. The van der Waals surface area contributed by atoms with Gasteiger partial charge in [-0.1, -0.05) is 39.0 Å². The Morgan fingerprint density at radius 2 is 1.91 bits per heavy atom. The highest BCUT2D eigenvalue weighted by molar-refractivity contribution is 5.85. The second-order valence-electron chi connectivity index (χ2n) is 6.87. The fourth-order valence-corrected chi connectivity index (χ4v) is 3.70. The van der Waals surface area contributed by atoms with Crippen LogP contribution in [0.2, 0.25) is 0 Å². The van der Waals surface area contributed by atoms with Gasteiger partial charge in [-0.15, -0.1) is 12.4 Å². The van der Waals surface area contributed by atoms with Gasteiger partial charge in [0.2, 0.25) is 5.91 Å². The summed E-state index contributed by atoms with van der Waals surface area (Å²) in [5.41, 5.74) is 0. The third-order valence-corrected chi connectivity index (χ3v) is 5.14. The van der Waals surface area contributed by atoms with Crippen molar-refractivity contribution >= 4 is 18.3 Å². The molecule has 1 heterocycles. The SMILES string of the molecule is CC(CC(=O)NCCCN1CCNCC1)C1CCCCC1.Cl. The molecule has 0 aromatic carbocycles. The second-order valence-corrected chi connectivity index (χ2v) is 6.87. The third-order valence-electron chi connectivity index (χ3n) is 5.14. The Hall–Kier alpha value is -0.320. The van der Waals surface area contributed by atoms with Gasteiger partial charge in [0.1, 0.15) is 0 Å². The van der Waals surface area contributed by atoms with E-state index in [4.69, 9.17) is 0 Å². The van der Waals surface area contributed by atoms with E-state index in [1.54, 1.807) is 0 Å². The molecular weight excluding hydrogens is 298 g/mol. The molecule has 0 spiro atoms. The van der Waals surface area contributed by atoms with Crippen LogP contribution in [0.5, 0.6) is 0 Å². The van der Waals surface area contributed by atoms with Crippen LogP contribution in [0.15, 0.2) is 0 Å². The molecule has 1 atom stereocenters. The first-order valence-corrected chi connectivity index (χ1v) is 8.95. The molecule has 0 bridgehead atoms. The maximum atomic E-state index is 12.0. The first-order chi connectivity index (χ1) is 10.3. The maximum absolute atomic E-state index is 12.0. The molecule has 4 nitrogen and oxygen atoms in total. The average molecular weight is 332 g/mol. The minimum atomic E-state index is 0. The van der Waals surface area contributed by atoms with E-state index >= 15 is 0 Å². The highest BCUT2D eigenvalue weighted by Gasteiger charge is 2.21. The quantitative estimate of drug-likeness (QED) is 0.704. The molecule has 22 heavy (non-hydrogen) atoms. The fourth-order valence-electron chi connectivity index (χ4n) is 3.70. The summed E-state index contributed by atoms with van der Waals surface area (Å²) in [7, 11) is 0. The van der Waals surface area contributed by atoms with Crippen LogP contribution in [0.25, 0.3) is 0 Å². The molecule has 0 radical (unpaired) electrons. The van der Waals surface area contributed by atoms with E-state index in [2.05, 4.69) is 22.5 Å². The molecule has 0 aromatic rings. The van der Waals surface area contributed by atoms with Crippen molar-refractivity contribution in [1.29, 1.82) is 0 Å². The molecular formula is C17H34ClN3O. The van der Waals surface area contributed by atoms with Crippen LogP contribution in [-0.4, -0.2) is 50.1 Å². The Morgan fingerprint density at radius 1 is 1.23 bits per heavy atom. The van der Waals surface area contributed by atoms with Crippen molar-refractivity contribution < 1.29 is 4.79 Å². The Kier molecular flexibility index (Phi) is 10.1. The molecule has 0 aromatic heterocycles. The van der Waals surface area contributed by atoms with Gasteiger partial charge in [0.25, 0.3) is 0 Å². The summed E-state index contributed by atoms with van der Waals surface area (Å²) >= 11 is 0. The number of carbonyl (C=O) groups is 1. The maximum Gasteiger partial charge on any atom is 0.220 e. The molecule has 1 saturated heterocycles. The molecule has 1 saturated carbocycles. The largest absolute Gasteiger partial charge is 0.356 e. The number of nitrogens with zero attached hydrogens (tertiary/aromatic N) is 1. The van der Waals surface area contributed by atoms with Crippen molar-refractivity contribution in [2.45, 2.75) is 51.9 Å². The first-order valence-electron chi connectivity index (χ1n) is 8.95. The van der Waals surface area contributed by atoms with Crippen LogP contribution >= 0.6 is 12.4 Å². The van der Waals surface area contributed by atoms with Gasteiger partial charge < -0.3 is 15.5 Å². The third kappa shape index (κ3) is 7.30. The van der Waals surface area contributed by atoms with E-state index < -0.39 is 0 Å². The zero-order valence-corrected chi connectivity index (χ0v) is 14.9. The summed E-state index contributed by atoms with van der Waals surface area (Å²) in [5.74, 6) is 1.59. The van der Waals surface area contributed by atoms with Crippen molar-refractivity contribution in [3.8, 4) is 0 Å². The zero-order chi connectivity index (χ0) is 14.9. The predicted octanol–water partition coefficient (Wildman–Crippen LogP) is 2.43. The van der Waals surface area contributed by atoms with Crippen LogP contribution in [0.1, 0.15) is 51.9 Å². The summed E-state index contributed by atoms with van der Waals surface area (Å²) in [5, 5.41) is 6.48. The molecule has 2 aliphatic rings. The standard InChI is InChI=1S/C17H33N3O.ClH/c1-15(16-6-3-2-4-7-16)14-17(21)19-8-5-11-20-12-9-18-10-13-20;/h15-16,18H,2-14H2,1H3,(H,19,21);1H. The second kappa shape index (κ2) is 11.3. The molecule has 1 aliphatic carbocycles. The normalized spacial score (nSPS) is 21.9. The predicted molar refractivity (Wildman–Crippen MR) is 94.5 cm³/mol. The molecule has 2 fully saturated rings. The molecule has 2 N–H and O–H groups in total. The Bertz CT molecular complexity index is 302. The molecule has 1 unspecified atom stereocenters. The molecule has 5 heteroatoms. The number of hydrogen-bond acceptors (Lipinski definition) is 3. The Labute approximate surface area is 142 Å². The molecule has 130 valence electrons. The smallest absolute Gasteiger partial charge is 0.220 e. The van der Waals surface area contributed by atoms with Crippen LogP contribution in [0.4, 0.5) is 0 Å². The van der Waals surface area contributed by atoms with E-state index in [0.717, 1.165) is 58.0 Å². The van der Waals surface area contributed by atoms with Gasteiger partial charge in [0.05, 0.1) is 0 Å². The van der Waals surface area contributed by atoms with Crippen LogP contribution in [-0.2, 0) is 4.79 Å². The highest BCUT2D eigenvalue weighted by atomic mass is 35.5. The van der Waals surface area contributed by atoms with Crippen molar-refractivity contribution in [1.82, 2.24) is 15.5 Å². The lowest BCUT2D eigenvalue weighted by Gasteiger charge is -2.28. The summed E-state index contributed by atoms with van der Waals surface area (Å²) < 4.78 is 0. The topological polar surface area (TPSA) is 44.4 Å². The van der Waals surface area contributed by atoms with Crippen molar-refractivity contribution in [2.24, 2.45) is 11.8 Å². The van der Waals surface area contributed by atoms with E-state index in [0.29, 0.717) is 5.92 Å². The molecule has 1 aliphatic heterocycles. The van der Waals surface area contributed by atoms with Gasteiger partial charge in [0.15, 0.2) is 0 Å². The van der Waals surface area contributed by atoms with Gasteiger partial charge in [-0.05, 0) is 24.8 Å². The minimum absolute atomic E-state index is 0. The number of piperazine rings is 1. The number of halogens is 1. The van der Waals surface area contributed by atoms with E-state index in [-0.39, 0.29) is 18.3 Å². The summed E-state index contributed by atoms with van der Waals surface area (Å²) in [6.45, 7) is 8.70. The summed E-state index contributed by atoms with van der Waals surface area (Å²) in [6.07, 6.45) is 8.57. The first kappa shape index (κ1) is 19.7. The van der Waals surface area contributed by atoms with Crippen LogP contribution in [0, 0.1) is 11.8 Å². The number of amides is 1. The van der Waals surface area contributed by atoms with Gasteiger partial charge >= 0.3 is 0 Å². The zero-order valence-electron chi connectivity index (χ0n) is 14.1. The number of rotatable bonds is 7. The molecule has 1 amide bonds. The number of hydrogen-bond donors (Lipinski definition) is 2. The van der Waals surface area contributed by atoms with E-state index in [1.165, 1.54) is 32.1 Å². The lowest BCUT2D eigenvalue weighted by molar-refractivity contribution is -0.122. The van der Waals surface area contributed by atoms with Crippen LogP contribution in [0.3, 0.4) is 0 Å². The van der Waals surface area contributed by atoms with E-state index in [9.17, 15) is 4.79 Å². The van der Waals surface area contributed by atoms with Gasteiger partial charge in [-0.2, -0.15) is 0 Å². The van der Waals surface area contributed by atoms with Gasteiger partial charge in [-0.3, -0.25) is 4.79 Å². The Morgan fingerprint density at radius 3 is 2.59 bits per heavy atom. The van der Waals surface area contributed by atoms with Crippen molar-refractivity contribution in [2.75, 3.05) is 39.3 Å². The average Bonchev–Trinajstić information content (AvgIpc) is 2.53. The number of carbonyl (C=O) groups excluding carboxylic acids is 1. The lowest BCUT2D eigenvalue weighted by atomic mass is 9.79. The van der Waals surface area contributed by atoms with E-state index in [1.807, 2.05) is 0 Å².